The highest BCUT2D eigenvalue weighted by Crippen LogP contribution is 2.23. The number of phenolic OH excluding ortho intramolecular Hbond substituents is 1. The van der Waals surface area contributed by atoms with Gasteiger partial charge in [-0.3, -0.25) is 4.79 Å². The number of benzene rings is 1. The van der Waals surface area contributed by atoms with Crippen LogP contribution in [0.15, 0.2) is 24.3 Å². The number of carbonyl (C=O) groups is 1. The summed E-state index contributed by atoms with van der Waals surface area (Å²) < 4.78 is 0. The summed E-state index contributed by atoms with van der Waals surface area (Å²) in [6.45, 7) is 6.71. The van der Waals surface area contributed by atoms with E-state index in [4.69, 9.17) is 0 Å². The summed E-state index contributed by atoms with van der Waals surface area (Å²) in [5, 5.41) is 12.6. The quantitative estimate of drug-likeness (QED) is 0.764. The zero-order valence-electron chi connectivity index (χ0n) is 14.6. The van der Waals surface area contributed by atoms with Crippen LogP contribution in [-0.2, 0) is 4.79 Å². The molecule has 1 saturated heterocycles. The Morgan fingerprint density at radius 1 is 1.21 bits per heavy atom. The van der Waals surface area contributed by atoms with Gasteiger partial charge in [-0.15, -0.1) is 0 Å². The summed E-state index contributed by atoms with van der Waals surface area (Å²) in [7, 11) is 0. The molecule has 1 aliphatic carbocycles. The van der Waals surface area contributed by atoms with Crippen molar-refractivity contribution in [1.82, 2.24) is 5.32 Å². The van der Waals surface area contributed by atoms with Crippen LogP contribution in [0, 0.1) is 5.92 Å². The topological polar surface area (TPSA) is 57.0 Å². The third-order valence-corrected chi connectivity index (χ3v) is 5.55. The van der Waals surface area contributed by atoms with Gasteiger partial charge in [0.1, 0.15) is 5.75 Å². The molecular formula is C19H30N3O2+. The number of hydrogen-bond acceptors (Lipinski definition) is 3. The molecule has 1 saturated carbocycles. The third kappa shape index (κ3) is 4.41. The molecule has 2 aliphatic rings. The van der Waals surface area contributed by atoms with Crippen molar-refractivity contribution in [3.05, 3.63) is 24.3 Å². The fourth-order valence-corrected chi connectivity index (χ4v) is 3.94. The number of nitrogens with zero attached hydrogens (tertiary/aromatic N) is 1. The van der Waals surface area contributed by atoms with Gasteiger partial charge in [0.15, 0.2) is 6.54 Å². The predicted molar refractivity (Wildman–Crippen MR) is 95.4 cm³/mol. The number of amides is 1. The Kier molecular flexibility index (Phi) is 5.61. The molecule has 1 amide bonds. The highest BCUT2D eigenvalue weighted by atomic mass is 16.3. The van der Waals surface area contributed by atoms with Crippen molar-refractivity contribution < 1.29 is 14.8 Å². The SMILES string of the molecule is C[C@@H]1CCCC[C@H]1NC(=O)C[NH+]1CCN(c2ccc(O)cc2)CC1. The van der Waals surface area contributed by atoms with E-state index in [0.29, 0.717) is 24.3 Å². The average molecular weight is 332 g/mol. The van der Waals surface area contributed by atoms with Crippen molar-refractivity contribution in [3.63, 3.8) is 0 Å². The summed E-state index contributed by atoms with van der Waals surface area (Å²) in [4.78, 5) is 16.0. The van der Waals surface area contributed by atoms with Crippen LogP contribution in [0.3, 0.4) is 0 Å². The summed E-state index contributed by atoms with van der Waals surface area (Å²) in [5.41, 5.74) is 1.15. The van der Waals surface area contributed by atoms with Crippen LogP contribution >= 0.6 is 0 Å². The number of quaternary nitrogens is 1. The molecule has 1 aromatic rings. The molecule has 0 unspecified atom stereocenters. The predicted octanol–water partition coefficient (Wildman–Crippen LogP) is 0.792. The van der Waals surface area contributed by atoms with E-state index >= 15 is 0 Å². The smallest absolute Gasteiger partial charge is 0.275 e. The van der Waals surface area contributed by atoms with Gasteiger partial charge in [-0.05, 0) is 43.0 Å². The number of aromatic hydroxyl groups is 1. The highest BCUT2D eigenvalue weighted by Gasteiger charge is 2.26. The van der Waals surface area contributed by atoms with E-state index in [0.717, 1.165) is 38.3 Å². The summed E-state index contributed by atoms with van der Waals surface area (Å²) in [6, 6.07) is 7.75. The minimum Gasteiger partial charge on any atom is -0.508 e. The Balaban J connectivity index is 1.43. The summed E-state index contributed by atoms with van der Waals surface area (Å²) >= 11 is 0. The van der Waals surface area contributed by atoms with Gasteiger partial charge in [-0.25, -0.2) is 0 Å². The van der Waals surface area contributed by atoms with Crippen molar-refractivity contribution in [2.24, 2.45) is 5.92 Å². The molecule has 0 bridgehead atoms. The van der Waals surface area contributed by atoms with E-state index in [-0.39, 0.29) is 5.91 Å². The summed E-state index contributed by atoms with van der Waals surface area (Å²) in [6.07, 6.45) is 4.92. The molecule has 1 aromatic carbocycles. The maximum absolute atomic E-state index is 12.3. The van der Waals surface area contributed by atoms with Crippen molar-refractivity contribution in [3.8, 4) is 5.75 Å². The monoisotopic (exact) mass is 332 g/mol. The molecule has 5 heteroatoms. The Morgan fingerprint density at radius 2 is 1.88 bits per heavy atom. The number of nitrogens with one attached hydrogen (secondary N) is 2. The first-order valence-electron chi connectivity index (χ1n) is 9.29. The van der Waals surface area contributed by atoms with Gasteiger partial charge in [0.05, 0.1) is 26.2 Å². The largest absolute Gasteiger partial charge is 0.508 e. The van der Waals surface area contributed by atoms with Gasteiger partial charge in [0.25, 0.3) is 5.91 Å². The zero-order chi connectivity index (χ0) is 16.9. The molecule has 3 N–H and O–H groups in total. The van der Waals surface area contributed by atoms with Crippen LogP contribution in [0.4, 0.5) is 5.69 Å². The van der Waals surface area contributed by atoms with Crippen LogP contribution < -0.4 is 15.1 Å². The number of piperazine rings is 1. The van der Waals surface area contributed by atoms with Crippen LogP contribution in [0.25, 0.3) is 0 Å². The standard InChI is InChI=1S/C19H29N3O2/c1-15-4-2-3-5-18(15)20-19(24)14-21-10-12-22(13-11-21)16-6-8-17(23)9-7-16/h6-9,15,18,23H,2-5,10-14H2,1H3,(H,20,24)/p+1/t15-,18-/m1/s1. The molecule has 1 heterocycles. The first kappa shape index (κ1) is 17.1. The van der Waals surface area contributed by atoms with Gasteiger partial charge in [-0.1, -0.05) is 19.8 Å². The van der Waals surface area contributed by atoms with E-state index in [9.17, 15) is 9.90 Å². The van der Waals surface area contributed by atoms with E-state index in [1.54, 1.807) is 12.1 Å². The summed E-state index contributed by atoms with van der Waals surface area (Å²) in [5.74, 6) is 1.13. The van der Waals surface area contributed by atoms with Crippen LogP contribution in [0.1, 0.15) is 32.6 Å². The van der Waals surface area contributed by atoms with Crippen molar-refractivity contribution >= 4 is 11.6 Å². The van der Waals surface area contributed by atoms with Crippen LogP contribution in [0.5, 0.6) is 5.75 Å². The van der Waals surface area contributed by atoms with Crippen molar-refractivity contribution in [2.75, 3.05) is 37.6 Å². The molecule has 3 rings (SSSR count). The molecular weight excluding hydrogens is 302 g/mol. The molecule has 132 valence electrons. The van der Waals surface area contributed by atoms with Gasteiger partial charge < -0.3 is 20.2 Å². The molecule has 2 atom stereocenters. The van der Waals surface area contributed by atoms with Crippen molar-refractivity contribution in [1.29, 1.82) is 0 Å². The second-order valence-electron chi connectivity index (χ2n) is 7.37. The van der Waals surface area contributed by atoms with Crippen LogP contribution in [0.2, 0.25) is 0 Å². The van der Waals surface area contributed by atoms with E-state index in [2.05, 4.69) is 17.1 Å². The van der Waals surface area contributed by atoms with E-state index in [1.807, 2.05) is 12.1 Å². The Bertz CT molecular complexity index is 538. The van der Waals surface area contributed by atoms with Crippen molar-refractivity contribution in [2.45, 2.75) is 38.6 Å². The Labute approximate surface area is 144 Å². The third-order valence-electron chi connectivity index (χ3n) is 5.55. The van der Waals surface area contributed by atoms with Gasteiger partial charge in [0.2, 0.25) is 0 Å². The maximum atomic E-state index is 12.3. The minimum atomic E-state index is 0.210. The first-order valence-corrected chi connectivity index (χ1v) is 9.29. The molecule has 2 fully saturated rings. The second-order valence-corrected chi connectivity index (χ2v) is 7.37. The molecule has 5 nitrogen and oxygen atoms in total. The molecule has 0 radical (unpaired) electrons. The number of carbonyl (C=O) groups excluding carboxylic acids is 1. The number of anilines is 1. The van der Waals surface area contributed by atoms with E-state index < -0.39 is 0 Å². The van der Waals surface area contributed by atoms with E-state index in [1.165, 1.54) is 24.2 Å². The maximum Gasteiger partial charge on any atom is 0.275 e. The lowest BCUT2D eigenvalue weighted by Gasteiger charge is -2.34. The highest BCUT2D eigenvalue weighted by molar-refractivity contribution is 5.77. The molecule has 0 aromatic heterocycles. The van der Waals surface area contributed by atoms with Gasteiger partial charge in [0, 0.05) is 11.7 Å². The zero-order valence-corrected chi connectivity index (χ0v) is 14.6. The average Bonchev–Trinajstić information content (AvgIpc) is 2.58. The fourth-order valence-electron chi connectivity index (χ4n) is 3.94. The number of rotatable bonds is 4. The normalized spacial score (nSPS) is 25.5. The number of hydrogen-bond donors (Lipinski definition) is 3. The molecule has 0 spiro atoms. The minimum absolute atomic E-state index is 0.210. The Hall–Kier alpha value is -1.75. The fraction of sp³-hybridized carbons (Fsp3) is 0.632. The number of phenols is 1. The first-order chi connectivity index (χ1) is 11.6. The lowest BCUT2D eigenvalue weighted by Crippen LogP contribution is -3.16. The second kappa shape index (κ2) is 7.88. The molecule has 1 aliphatic heterocycles. The Morgan fingerprint density at radius 3 is 2.54 bits per heavy atom. The van der Waals surface area contributed by atoms with Crippen LogP contribution in [-0.4, -0.2) is 49.8 Å². The molecule has 24 heavy (non-hydrogen) atoms. The lowest BCUT2D eigenvalue weighted by atomic mass is 9.86. The van der Waals surface area contributed by atoms with Gasteiger partial charge in [-0.2, -0.15) is 0 Å². The lowest BCUT2D eigenvalue weighted by molar-refractivity contribution is -0.892. The van der Waals surface area contributed by atoms with Gasteiger partial charge >= 0.3 is 0 Å².